The van der Waals surface area contributed by atoms with Crippen molar-refractivity contribution in [3.8, 4) is 0 Å². The second-order valence-electron chi connectivity index (χ2n) is 7.58. The molecular formula is C20H23Cl2F3N4O2. The van der Waals surface area contributed by atoms with E-state index < -0.39 is 17.5 Å². The molecule has 1 amide bonds. The third-order valence-electron chi connectivity index (χ3n) is 5.56. The van der Waals surface area contributed by atoms with Gasteiger partial charge in [-0.15, -0.1) is 24.8 Å². The summed E-state index contributed by atoms with van der Waals surface area (Å²) in [4.78, 5) is 21.6. The van der Waals surface area contributed by atoms with Crippen molar-refractivity contribution >= 4 is 42.4 Å². The Kier molecular flexibility index (Phi) is 7.99. The maximum absolute atomic E-state index is 12.8. The molecular weight excluding hydrogens is 456 g/mol. The van der Waals surface area contributed by atoms with Crippen LogP contribution in [0.2, 0.25) is 0 Å². The maximum atomic E-state index is 12.8. The molecule has 6 nitrogen and oxygen atoms in total. The van der Waals surface area contributed by atoms with Crippen molar-refractivity contribution in [2.75, 3.05) is 23.3 Å². The third kappa shape index (κ3) is 5.71. The Morgan fingerprint density at radius 3 is 2.55 bits per heavy atom. The number of pyridine rings is 2. The summed E-state index contributed by atoms with van der Waals surface area (Å²) in [5.74, 6) is 0.498. The molecule has 1 saturated heterocycles. The zero-order valence-corrected chi connectivity index (χ0v) is 18.1. The molecule has 2 aliphatic rings. The number of nitrogens with one attached hydrogen (secondary N) is 1. The van der Waals surface area contributed by atoms with Gasteiger partial charge in [0.1, 0.15) is 17.1 Å². The fraction of sp³-hybridized carbons (Fsp3) is 0.450. The molecule has 170 valence electrons. The number of alkyl halides is 3. The molecule has 1 saturated carbocycles. The number of ether oxygens (including phenoxy) is 1. The van der Waals surface area contributed by atoms with Crippen LogP contribution < -0.4 is 10.2 Å². The van der Waals surface area contributed by atoms with Gasteiger partial charge in [0.15, 0.2) is 0 Å². The van der Waals surface area contributed by atoms with Crippen molar-refractivity contribution in [1.82, 2.24) is 9.97 Å². The summed E-state index contributed by atoms with van der Waals surface area (Å²) in [6.45, 7) is 1.03. The lowest BCUT2D eigenvalue weighted by molar-refractivity contribution is -0.141. The first-order valence-electron chi connectivity index (χ1n) is 9.53. The molecule has 0 aromatic carbocycles. The molecule has 4 rings (SSSR count). The van der Waals surface area contributed by atoms with Gasteiger partial charge in [-0.3, -0.25) is 9.88 Å². The molecule has 1 aliphatic carbocycles. The summed E-state index contributed by atoms with van der Waals surface area (Å²) in [6, 6.07) is 7.43. The van der Waals surface area contributed by atoms with Crippen LogP contribution >= 0.6 is 24.8 Å². The second kappa shape index (κ2) is 9.91. The Hall–Kier alpha value is -2.26. The number of aromatic nitrogens is 2. The van der Waals surface area contributed by atoms with Crippen molar-refractivity contribution in [3.63, 3.8) is 0 Å². The zero-order chi connectivity index (χ0) is 20.5. The quantitative estimate of drug-likeness (QED) is 0.642. The fourth-order valence-corrected chi connectivity index (χ4v) is 3.94. The lowest BCUT2D eigenvalue weighted by Crippen LogP contribution is -2.39. The van der Waals surface area contributed by atoms with Crippen LogP contribution in [-0.2, 0) is 10.9 Å². The van der Waals surface area contributed by atoms with Crippen molar-refractivity contribution in [2.24, 2.45) is 5.92 Å². The molecule has 1 N–H and O–H groups in total. The van der Waals surface area contributed by atoms with Gasteiger partial charge < -0.3 is 10.1 Å². The molecule has 2 aromatic heterocycles. The highest BCUT2D eigenvalue weighted by atomic mass is 35.5. The minimum absolute atomic E-state index is 0. The highest BCUT2D eigenvalue weighted by molar-refractivity contribution is 5.90. The summed E-state index contributed by atoms with van der Waals surface area (Å²) in [7, 11) is 0. The van der Waals surface area contributed by atoms with Crippen LogP contribution in [0.4, 0.5) is 29.5 Å². The standard InChI is InChI=1S/C20H21F3N4O2.2ClH/c21-20(22,23)16-4-1-5-17(26-16)25-11-14-6-8-19(9-7-14)13-27(18(28)29-19)15-3-2-10-24-12-15;;/h1-5,10,12,14H,6-9,11,13H2,(H,25,26);2*1H/t14-,19-;;. The number of carbonyl (C=O) groups excluding carboxylic acids is 1. The molecule has 2 fully saturated rings. The van der Waals surface area contributed by atoms with E-state index in [0.29, 0.717) is 18.8 Å². The van der Waals surface area contributed by atoms with Crippen LogP contribution in [0, 0.1) is 5.92 Å². The van der Waals surface area contributed by atoms with Crippen molar-refractivity contribution in [1.29, 1.82) is 0 Å². The van der Waals surface area contributed by atoms with E-state index in [0.717, 1.165) is 31.7 Å². The number of nitrogens with zero attached hydrogens (tertiary/aromatic N) is 3. The van der Waals surface area contributed by atoms with Crippen molar-refractivity contribution in [2.45, 2.75) is 37.5 Å². The fourth-order valence-electron chi connectivity index (χ4n) is 3.94. The predicted octanol–water partition coefficient (Wildman–Crippen LogP) is 5.34. The van der Waals surface area contributed by atoms with E-state index in [-0.39, 0.29) is 42.6 Å². The van der Waals surface area contributed by atoms with Crippen LogP contribution in [-0.4, -0.2) is 34.8 Å². The maximum Gasteiger partial charge on any atom is 0.433 e. The zero-order valence-electron chi connectivity index (χ0n) is 16.5. The number of amides is 1. The van der Waals surface area contributed by atoms with E-state index in [9.17, 15) is 18.0 Å². The Morgan fingerprint density at radius 2 is 1.90 bits per heavy atom. The average molecular weight is 479 g/mol. The Balaban J connectivity index is 0.00000171. The first-order chi connectivity index (χ1) is 13.8. The van der Waals surface area contributed by atoms with Gasteiger partial charge >= 0.3 is 12.3 Å². The van der Waals surface area contributed by atoms with E-state index >= 15 is 0 Å². The lowest BCUT2D eigenvalue weighted by Gasteiger charge is -2.35. The molecule has 1 aliphatic heterocycles. The number of carbonyl (C=O) groups is 1. The normalized spacial score (nSPS) is 23.0. The molecule has 0 radical (unpaired) electrons. The molecule has 0 atom stereocenters. The Morgan fingerprint density at radius 1 is 1.16 bits per heavy atom. The first kappa shape index (κ1) is 25.0. The molecule has 31 heavy (non-hydrogen) atoms. The molecule has 1 spiro atoms. The molecule has 0 bridgehead atoms. The largest absolute Gasteiger partial charge is 0.441 e. The SMILES string of the molecule is Cl.Cl.O=C1O[C@]2(CC[C@H](CNc3cccc(C(F)(F)F)n3)CC2)CN1c1cccnc1. The minimum Gasteiger partial charge on any atom is -0.441 e. The lowest BCUT2D eigenvalue weighted by atomic mass is 9.78. The van der Waals surface area contributed by atoms with E-state index in [1.807, 2.05) is 6.07 Å². The van der Waals surface area contributed by atoms with Crippen LogP contribution in [0.1, 0.15) is 31.4 Å². The summed E-state index contributed by atoms with van der Waals surface area (Å²) in [6.07, 6.45) is 1.55. The molecule has 11 heteroatoms. The highest BCUT2D eigenvalue weighted by Gasteiger charge is 2.47. The van der Waals surface area contributed by atoms with Crippen LogP contribution in [0.5, 0.6) is 0 Å². The van der Waals surface area contributed by atoms with Crippen LogP contribution in [0.15, 0.2) is 42.7 Å². The third-order valence-corrected chi connectivity index (χ3v) is 5.56. The van der Waals surface area contributed by atoms with E-state index in [1.54, 1.807) is 23.4 Å². The Bertz CT molecular complexity index is 878. The summed E-state index contributed by atoms with van der Waals surface area (Å²) in [5, 5.41) is 3.01. The summed E-state index contributed by atoms with van der Waals surface area (Å²) >= 11 is 0. The van der Waals surface area contributed by atoms with Crippen LogP contribution in [0.3, 0.4) is 0 Å². The second-order valence-corrected chi connectivity index (χ2v) is 7.58. The predicted molar refractivity (Wildman–Crippen MR) is 115 cm³/mol. The number of rotatable bonds is 4. The first-order valence-corrected chi connectivity index (χ1v) is 9.53. The van der Waals surface area contributed by atoms with Crippen LogP contribution in [0.25, 0.3) is 0 Å². The van der Waals surface area contributed by atoms with Gasteiger partial charge in [0.2, 0.25) is 0 Å². The van der Waals surface area contributed by atoms with Gasteiger partial charge in [0.25, 0.3) is 0 Å². The van der Waals surface area contributed by atoms with Gasteiger partial charge in [0, 0.05) is 12.7 Å². The smallest absolute Gasteiger partial charge is 0.433 e. The molecule has 2 aromatic rings. The topological polar surface area (TPSA) is 67.3 Å². The van der Waals surface area contributed by atoms with Gasteiger partial charge in [-0.05, 0) is 55.9 Å². The van der Waals surface area contributed by atoms with Crippen molar-refractivity contribution < 1.29 is 22.7 Å². The molecule has 0 unspecified atom stereocenters. The Labute approximate surface area is 190 Å². The summed E-state index contributed by atoms with van der Waals surface area (Å²) in [5.41, 5.74) is -0.690. The molecule has 3 heterocycles. The van der Waals surface area contributed by atoms with Crippen molar-refractivity contribution in [3.05, 3.63) is 48.4 Å². The van der Waals surface area contributed by atoms with Gasteiger partial charge in [-0.2, -0.15) is 13.2 Å². The monoisotopic (exact) mass is 478 g/mol. The number of anilines is 2. The average Bonchev–Trinajstić information content (AvgIpc) is 3.04. The van der Waals surface area contributed by atoms with Gasteiger partial charge in [-0.25, -0.2) is 9.78 Å². The van der Waals surface area contributed by atoms with Gasteiger partial charge in [0.05, 0.1) is 18.4 Å². The number of halogens is 5. The number of hydrogen-bond acceptors (Lipinski definition) is 5. The summed E-state index contributed by atoms with van der Waals surface area (Å²) < 4.78 is 44.1. The highest BCUT2D eigenvalue weighted by Crippen LogP contribution is 2.40. The van der Waals surface area contributed by atoms with E-state index in [1.165, 1.54) is 12.1 Å². The van der Waals surface area contributed by atoms with Gasteiger partial charge in [-0.1, -0.05) is 6.07 Å². The minimum atomic E-state index is -4.46. The van der Waals surface area contributed by atoms with E-state index in [4.69, 9.17) is 4.74 Å². The number of hydrogen-bond donors (Lipinski definition) is 1. The van der Waals surface area contributed by atoms with E-state index in [2.05, 4.69) is 15.3 Å².